The SMILES string of the molecule is COc1ccc(-c2nnc3sc(-c4ccc(F)c(Oc5ccccc5)c4)nn23)cc1. The maximum absolute atomic E-state index is 14.3. The van der Waals surface area contributed by atoms with Gasteiger partial charge in [0.2, 0.25) is 4.96 Å². The number of methoxy groups -OCH3 is 1. The lowest BCUT2D eigenvalue weighted by atomic mass is 10.2. The van der Waals surface area contributed by atoms with Gasteiger partial charge in [0.1, 0.15) is 16.5 Å². The van der Waals surface area contributed by atoms with Crippen LogP contribution in [0.5, 0.6) is 17.2 Å². The van der Waals surface area contributed by atoms with E-state index in [0.29, 0.717) is 21.5 Å². The Morgan fingerprint density at radius 1 is 0.867 bits per heavy atom. The van der Waals surface area contributed by atoms with Gasteiger partial charge in [-0.05, 0) is 54.6 Å². The first kappa shape index (κ1) is 18.3. The number of para-hydroxylation sites is 1. The highest BCUT2D eigenvalue weighted by Crippen LogP contribution is 2.33. The summed E-state index contributed by atoms with van der Waals surface area (Å²) in [4.78, 5) is 0.644. The maximum Gasteiger partial charge on any atom is 0.235 e. The van der Waals surface area contributed by atoms with Crippen LogP contribution in [-0.2, 0) is 0 Å². The van der Waals surface area contributed by atoms with Crippen LogP contribution in [0.2, 0.25) is 0 Å². The van der Waals surface area contributed by atoms with Gasteiger partial charge in [0.05, 0.1) is 7.11 Å². The molecule has 8 heteroatoms. The van der Waals surface area contributed by atoms with Crippen molar-refractivity contribution in [1.82, 2.24) is 19.8 Å². The fourth-order valence-electron chi connectivity index (χ4n) is 2.98. The molecular formula is C22H15FN4O2S. The monoisotopic (exact) mass is 418 g/mol. The predicted molar refractivity (Wildman–Crippen MR) is 113 cm³/mol. The number of nitrogens with zero attached hydrogens (tertiary/aromatic N) is 4. The van der Waals surface area contributed by atoms with Crippen molar-refractivity contribution < 1.29 is 13.9 Å². The third-order valence-corrected chi connectivity index (χ3v) is 5.44. The molecule has 5 rings (SSSR count). The zero-order chi connectivity index (χ0) is 20.5. The molecule has 30 heavy (non-hydrogen) atoms. The van der Waals surface area contributed by atoms with Gasteiger partial charge in [-0.1, -0.05) is 29.5 Å². The molecule has 0 aliphatic heterocycles. The van der Waals surface area contributed by atoms with Crippen molar-refractivity contribution in [3.63, 3.8) is 0 Å². The Labute approximate surface area is 175 Å². The molecule has 0 aliphatic rings. The number of ether oxygens (including phenoxy) is 2. The summed E-state index contributed by atoms with van der Waals surface area (Å²) in [5.41, 5.74) is 1.60. The standard InChI is InChI=1S/C22H15FN4O2S/c1-28-16-10-7-14(8-11-16)20-24-25-22-27(20)26-21(30-22)15-9-12-18(23)19(13-15)29-17-5-3-2-4-6-17/h2-13H,1H3. The Morgan fingerprint density at radius 3 is 2.40 bits per heavy atom. The zero-order valence-corrected chi connectivity index (χ0v) is 16.6. The lowest BCUT2D eigenvalue weighted by Gasteiger charge is -2.07. The van der Waals surface area contributed by atoms with Gasteiger partial charge in [-0.3, -0.25) is 0 Å². The molecular weight excluding hydrogens is 403 g/mol. The third kappa shape index (κ3) is 3.37. The van der Waals surface area contributed by atoms with Gasteiger partial charge in [0.25, 0.3) is 0 Å². The van der Waals surface area contributed by atoms with Crippen molar-refractivity contribution >= 4 is 16.3 Å². The van der Waals surface area contributed by atoms with Crippen LogP contribution in [0.3, 0.4) is 0 Å². The van der Waals surface area contributed by atoms with E-state index in [9.17, 15) is 4.39 Å². The largest absolute Gasteiger partial charge is 0.497 e. The number of rotatable bonds is 5. The number of hydrogen-bond acceptors (Lipinski definition) is 6. The van der Waals surface area contributed by atoms with Gasteiger partial charge in [-0.15, -0.1) is 10.2 Å². The molecule has 3 aromatic carbocycles. The van der Waals surface area contributed by atoms with Crippen LogP contribution in [0.25, 0.3) is 26.9 Å². The van der Waals surface area contributed by atoms with E-state index in [4.69, 9.17) is 9.47 Å². The van der Waals surface area contributed by atoms with Crippen LogP contribution in [-0.4, -0.2) is 26.9 Å². The number of aromatic nitrogens is 4. The molecule has 0 amide bonds. The Bertz CT molecular complexity index is 1320. The van der Waals surface area contributed by atoms with E-state index in [0.717, 1.165) is 16.9 Å². The van der Waals surface area contributed by atoms with Crippen LogP contribution >= 0.6 is 11.3 Å². The Kier molecular flexibility index (Phi) is 4.61. The van der Waals surface area contributed by atoms with Crippen LogP contribution in [0.4, 0.5) is 4.39 Å². The normalized spacial score (nSPS) is 11.0. The van der Waals surface area contributed by atoms with Gasteiger partial charge in [-0.25, -0.2) is 4.39 Å². The van der Waals surface area contributed by atoms with Crippen molar-refractivity contribution in [3.05, 3.63) is 78.6 Å². The van der Waals surface area contributed by atoms with Crippen molar-refractivity contribution in [2.75, 3.05) is 7.11 Å². The number of hydrogen-bond donors (Lipinski definition) is 0. The number of fused-ring (bicyclic) bond motifs is 1. The first-order valence-electron chi connectivity index (χ1n) is 9.11. The van der Waals surface area contributed by atoms with Crippen molar-refractivity contribution in [1.29, 1.82) is 0 Å². The van der Waals surface area contributed by atoms with E-state index in [2.05, 4.69) is 15.3 Å². The van der Waals surface area contributed by atoms with Crippen molar-refractivity contribution in [2.45, 2.75) is 0 Å². The molecule has 0 bridgehead atoms. The number of halogens is 1. The van der Waals surface area contributed by atoms with E-state index < -0.39 is 5.82 Å². The molecule has 0 saturated carbocycles. The van der Waals surface area contributed by atoms with Crippen molar-refractivity contribution in [2.24, 2.45) is 0 Å². The predicted octanol–water partition coefficient (Wildman–Crippen LogP) is 5.46. The molecule has 0 aliphatic carbocycles. The van der Waals surface area contributed by atoms with Gasteiger partial charge in [0, 0.05) is 11.1 Å². The molecule has 0 radical (unpaired) electrons. The van der Waals surface area contributed by atoms with Gasteiger partial charge in [0.15, 0.2) is 17.4 Å². The first-order chi connectivity index (χ1) is 14.7. The van der Waals surface area contributed by atoms with E-state index in [1.54, 1.807) is 35.9 Å². The Hall–Kier alpha value is -3.78. The summed E-state index contributed by atoms with van der Waals surface area (Å²) in [6.45, 7) is 0. The Morgan fingerprint density at radius 2 is 1.63 bits per heavy atom. The molecule has 2 aromatic heterocycles. The fraction of sp³-hybridized carbons (Fsp3) is 0.0455. The molecule has 0 fully saturated rings. The second-order valence-electron chi connectivity index (χ2n) is 6.41. The minimum Gasteiger partial charge on any atom is -0.497 e. The third-order valence-electron chi connectivity index (χ3n) is 4.49. The van der Waals surface area contributed by atoms with Gasteiger partial charge >= 0.3 is 0 Å². The molecule has 6 nitrogen and oxygen atoms in total. The summed E-state index contributed by atoms with van der Waals surface area (Å²) >= 11 is 1.37. The molecule has 0 atom stereocenters. The highest BCUT2D eigenvalue weighted by atomic mass is 32.1. The van der Waals surface area contributed by atoms with Crippen LogP contribution in [0.1, 0.15) is 0 Å². The minimum absolute atomic E-state index is 0.139. The first-order valence-corrected chi connectivity index (χ1v) is 9.92. The summed E-state index contributed by atoms with van der Waals surface area (Å²) in [7, 11) is 1.62. The summed E-state index contributed by atoms with van der Waals surface area (Å²) in [6, 6.07) is 21.3. The molecule has 0 unspecified atom stereocenters. The van der Waals surface area contributed by atoms with E-state index in [-0.39, 0.29) is 5.75 Å². The quantitative estimate of drug-likeness (QED) is 0.379. The topological polar surface area (TPSA) is 61.5 Å². The molecule has 0 spiro atoms. The summed E-state index contributed by atoms with van der Waals surface area (Å²) < 4.78 is 26.9. The van der Waals surface area contributed by atoms with E-state index >= 15 is 0 Å². The lowest BCUT2D eigenvalue weighted by molar-refractivity contribution is 0.415. The summed E-state index contributed by atoms with van der Waals surface area (Å²) in [6.07, 6.45) is 0. The highest BCUT2D eigenvalue weighted by Gasteiger charge is 2.16. The fourth-order valence-corrected chi connectivity index (χ4v) is 3.82. The van der Waals surface area contributed by atoms with Crippen LogP contribution < -0.4 is 9.47 Å². The Balaban J connectivity index is 1.51. The smallest absolute Gasteiger partial charge is 0.235 e. The van der Waals surface area contributed by atoms with E-state index in [1.807, 2.05) is 42.5 Å². The average molecular weight is 418 g/mol. The second-order valence-corrected chi connectivity index (χ2v) is 7.37. The molecule has 0 saturated heterocycles. The van der Waals surface area contributed by atoms with Crippen LogP contribution in [0.15, 0.2) is 72.8 Å². The molecule has 0 N–H and O–H groups in total. The summed E-state index contributed by atoms with van der Waals surface area (Å²) in [5, 5.41) is 13.8. The zero-order valence-electron chi connectivity index (χ0n) is 15.8. The number of benzene rings is 3. The maximum atomic E-state index is 14.3. The second kappa shape index (κ2) is 7.57. The van der Waals surface area contributed by atoms with Crippen LogP contribution in [0, 0.1) is 5.82 Å². The van der Waals surface area contributed by atoms with Gasteiger partial charge in [-0.2, -0.15) is 9.61 Å². The van der Waals surface area contributed by atoms with Gasteiger partial charge < -0.3 is 9.47 Å². The lowest BCUT2D eigenvalue weighted by Crippen LogP contribution is -1.92. The molecule has 148 valence electrons. The minimum atomic E-state index is -0.440. The average Bonchev–Trinajstić information content (AvgIpc) is 3.37. The summed E-state index contributed by atoms with van der Waals surface area (Å²) in [5.74, 6) is 1.65. The molecule has 2 heterocycles. The molecule has 5 aromatic rings. The highest BCUT2D eigenvalue weighted by molar-refractivity contribution is 7.19. The van der Waals surface area contributed by atoms with E-state index in [1.165, 1.54) is 17.4 Å². The van der Waals surface area contributed by atoms with Crippen molar-refractivity contribution in [3.8, 4) is 39.2 Å².